The molecule has 0 aliphatic carbocycles. The fraction of sp³-hybridized carbons (Fsp3) is 0.143. The van der Waals surface area contributed by atoms with Gasteiger partial charge in [0.2, 0.25) is 0 Å². The monoisotopic (exact) mass is 317 g/mol. The molecule has 1 N–H and O–H groups in total. The average molecular weight is 318 g/mol. The van der Waals surface area contributed by atoms with Gasteiger partial charge in [-0.25, -0.2) is 8.42 Å². The maximum atomic E-state index is 12.2. The van der Waals surface area contributed by atoms with Gasteiger partial charge >= 0.3 is 35.7 Å². The molecule has 0 aliphatic heterocycles. The van der Waals surface area contributed by atoms with Gasteiger partial charge < -0.3 is 1.43 Å². The Bertz CT molecular complexity index is 512. The van der Waals surface area contributed by atoms with Crippen molar-refractivity contribution in [2.75, 3.05) is 0 Å². The second-order valence-electron chi connectivity index (χ2n) is 2.72. The van der Waals surface area contributed by atoms with Gasteiger partial charge in [-0.2, -0.15) is 13.2 Å². The Balaban J connectivity index is 0. The Kier molecular flexibility index (Phi) is 6.28. The predicted octanol–water partition coefficient (Wildman–Crippen LogP) is -0.0926. The first-order valence-electron chi connectivity index (χ1n) is 3.67. The third-order valence-electron chi connectivity index (χ3n) is 1.65. The Morgan fingerprint density at radius 1 is 1.29 bits per heavy atom. The van der Waals surface area contributed by atoms with E-state index in [0.717, 1.165) is 6.07 Å². The van der Waals surface area contributed by atoms with Crippen LogP contribution in [0, 0.1) is 0 Å². The van der Waals surface area contributed by atoms with Crippen LogP contribution in [0.3, 0.4) is 0 Å². The van der Waals surface area contributed by atoms with Gasteiger partial charge in [-0.15, -0.1) is 4.24 Å². The Labute approximate surface area is 129 Å². The number of sulfonamides is 1. The summed E-state index contributed by atoms with van der Waals surface area (Å²) in [6, 6.07) is 1.85. The van der Waals surface area contributed by atoms with E-state index in [1.54, 1.807) is 0 Å². The van der Waals surface area contributed by atoms with Crippen LogP contribution in [0.25, 0.3) is 0 Å². The van der Waals surface area contributed by atoms with Crippen LogP contribution in [-0.4, -0.2) is 8.42 Å². The maximum Gasteiger partial charge on any atom is 1.00 e. The largest absolute Gasteiger partial charge is 1.00 e. The number of alkyl halides is 3. The molecule has 0 spiro atoms. The molecule has 0 fully saturated rings. The van der Waals surface area contributed by atoms with E-state index in [1.165, 1.54) is 4.24 Å². The minimum absolute atomic E-state index is 0. The summed E-state index contributed by atoms with van der Waals surface area (Å²) in [5.41, 5.74) is -1.04. The van der Waals surface area contributed by atoms with E-state index in [4.69, 9.17) is 23.4 Å². The zero-order valence-corrected chi connectivity index (χ0v) is 12.7. The predicted molar refractivity (Wildman–Crippen MR) is 53.7 cm³/mol. The molecule has 0 heterocycles. The first-order valence-corrected chi connectivity index (χ1v) is 5.91. The molecule has 0 bridgehead atoms. The number of hydrogen-bond acceptors (Lipinski definition) is 2. The second kappa shape index (κ2) is 6.10. The van der Waals surface area contributed by atoms with Gasteiger partial charge in [-0.1, -0.05) is 11.6 Å². The van der Waals surface area contributed by atoms with Crippen molar-refractivity contribution in [1.82, 2.24) is 4.24 Å². The summed E-state index contributed by atoms with van der Waals surface area (Å²) in [4.78, 5) is -0.517. The van der Waals surface area contributed by atoms with Crippen LogP contribution >= 0.6 is 23.4 Å². The molecular weight excluding hydrogens is 313 g/mol. The normalized spacial score (nSPS) is 12.1. The topological polar surface area (TPSA) is 46.2 Å². The molecule has 0 aromatic heterocycles. The van der Waals surface area contributed by atoms with E-state index in [9.17, 15) is 21.6 Å². The van der Waals surface area contributed by atoms with Gasteiger partial charge in [0.05, 0.1) is 10.6 Å². The zero-order valence-electron chi connectivity index (χ0n) is 9.35. The zero-order chi connectivity index (χ0) is 12.6. The smallest absolute Gasteiger partial charge is 1.00 e. The quantitative estimate of drug-likeness (QED) is 0.612. The molecule has 0 radical (unpaired) electrons. The van der Waals surface area contributed by atoms with E-state index in [-0.39, 0.29) is 31.0 Å². The second-order valence-corrected chi connectivity index (χ2v) is 5.19. The molecule has 0 atom stereocenters. The molecule has 0 saturated carbocycles. The van der Waals surface area contributed by atoms with Crippen molar-refractivity contribution < 1.29 is 52.6 Å². The molecule has 0 unspecified atom stereocenters. The first-order chi connectivity index (χ1) is 7.18. The third kappa shape index (κ3) is 4.27. The van der Waals surface area contributed by atoms with Crippen molar-refractivity contribution in [3.63, 3.8) is 0 Å². The van der Waals surface area contributed by atoms with Crippen molar-refractivity contribution in [2.45, 2.75) is 11.1 Å². The molecule has 10 heteroatoms. The maximum absolute atomic E-state index is 12.2. The number of rotatable bonds is 2. The first kappa shape index (κ1) is 17.5. The van der Waals surface area contributed by atoms with Crippen LogP contribution in [-0.2, 0) is 16.2 Å². The molecule has 17 heavy (non-hydrogen) atoms. The van der Waals surface area contributed by atoms with Crippen LogP contribution in [0.15, 0.2) is 23.1 Å². The third-order valence-corrected chi connectivity index (χ3v) is 3.82. The molecule has 0 saturated heterocycles. The van der Waals surface area contributed by atoms with Crippen molar-refractivity contribution >= 4 is 33.4 Å². The molecule has 3 nitrogen and oxygen atoms in total. The van der Waals surface area contributed by atoms with Gasteiger partial charge in [-0.3, -0.25) is 0 Å². The summed E-state index contributed by atoms with van der Waals surface area (Å²) in [5, 5.41) is -0.553. The van der Waals surface area contributed by atoms with Gasteiger partial charge in [0.15, 0.2) is 0 Å². The number of nitrogens with one attached hydrogen (secondary N) is 1. The summed E-state index contributed by atoms with van der Waals surface area (Å²) >= 11 is 10.3. The summed E-state index contributed by atoms with van der Waals surface area (Å²) in [6.07, 6.45) is -4.58. The van der Waals surface area contributed by atoms with Gasteiger partial charge in [0.1, 0.15) is 4.90 Å². The van der Waals surface area contributed by atoms with Crippen molar-refractivity contribution in [2.24, 2.45) is 0 Å². The standard InChI is InChI=1S/C7H4Cl2F3NO2S.Na.H/c8-5-3-4(7(10,11)12)1-2-6(5)16(14,15)13-9;;/h1-3,13H;;/q;+1;-1. The molecule has 1 rings (SSSR count). The Hall–Kier alpha value is 0.500. The number of hydrogen-bond donors (Lipinski definition) is 1. The molecule has 92 valence electrons. The van der Waals surface area contributed by atoms with Crippen LogP contribution < -0.4 is 33.8 Å². The SMILES string of the molecule is O=S(=O)(NCl)c1ccc(C(F)(F)F)cc1Cl.[H-].[Na+]. The summed E-state index contributed by atoms with van der Waals surface area (Å²) < 4.78 is 60.5. The molecule has 1 aromatic rings. The summed E-state index contributed by atoms with van der Waals surface area (Å²) in [6.45, 7) is 0. The molecule has 0 amide bonds. The van der Waals surface area contributed by atoms with E-state index in [2.05, 4.69) is 0 Å². The summed E-state index contributed by atoms with van der Waals surface area (Å²) in [5.74, 6) is 0. The Morgan fingerprint density at radius 3 is 2.18 bits per heavy atom. The average Bonchev–Trinajstić information content (AvgIpc) is 2.16. The van der Waals surface area contributed by atoms with E-state index in [1.807, 2.05) is 0 Å². The fourth-order valence-electron chi connectivity index (χ4n) is 0.937. The number of halogens is 5. The van der Waals surface area contributed by atoms with Crippen LogP contribution in [0.4, 0.5) is 13.2 Å². The van der Waals surface area contributed by atoms with Crippen molar-refractivity contribution in [3.05, 3.63) is 28.8 Å². The molecule has 0 aliphatic rings. The van der Waals surface area contributed by atoms with Crippen LogP contribution in [0.2, 0.25) is 5.02 Å². The van der Waals surface area contributed by atoms with Crippen molar-refractivity contribution in [3.8, 4) is 0 Å². The molecular formula is C7H5Cl2F3NNaO2S. The minimum Gasteiger partial charge on any atom is -1.00 e. The molecule has 1 aromatic carbocycles. The van der Waals surface area contributed by atoms with Gasteiger partial charge in [-0.05, 0) is 30.0 Å². The fourth-order valence-corrected chi connectivity index (χ4v) is 2.32. The minimum atomic E-state index is -4.58. The van der Waals surface area contributed by atoms with Gasteiger partial charge in [0, 0.05) is 0 Å². The van der Waals surface area contributed by atoms with E-state index in [0.29, 0.717) is 12.1 Å². The van der Waals surface area contributed by atoms with Crippen molar-refractivity contribution in [1.29, 1.82) is 0 Å². The van der Waals surface area contributed by atoms with Gasteiger partial charge in [0.25, 0.3) is 10.0 Å². The van der Waals surface area contributed by atoms with Crippen LogP contribution in [0.5, 0.6) is 0 Å². The van der Waals surface area contributed by atoms with E-state index >= 15 is 0 Å². The van der Waals surface area contributed by atoms with Crippen LogP contribution in [0.1, 0.15) is 6.99 Å². The van der Waals surface area contributed by atoms with E-state index < -0.39 is 31.7 Å². The number of benzene rings is 1. The Morgan fingerprint density at radius 2 is 1.82 bits per heavy atom. The summed E-state index contributed by atoms with van der Waals surface area (Å²) in [7, 11) is -4.07.